The van der Waals surface area contributed by atoms with Crippen LogP contribution in [0.5, 0.6) is 0 Å². The molecule has 1 amide bonds. The smallest absolute Gasteiger partial charge is 0.248 e. The maximum Gasteiger partial charge on any atom is 0.248 e. The number of carbonyl (C=O) groups is 1. The van der Waals surface area contributed by atoms with Crippen LogP contribution < -0.4 is 5.73 Å². The fourth-order valence-corrected chi connectivity index (χ4v) is 5.32. The number of likely N-dealkylation sites (tertiary alicyclic amines) is 1. The average molecular weight is 387 g/mol. The van der Waals surface area contributed by atoms with Crippen molar-refractivity contribution in [1.82, 2.24) is 9.88 Å². The molecule has 0 radical (unpaired) electrons. The number of primary amides is 1. The van der Waals surface area contributed by atoms with Gasteiger partial charge in [0.2, 0.25) is 5.91 Å². The summed E-state index contributed by atoms with van der Waals surface area (Å²) in [5.74, 6) is -0.153. The van der Waals surface area contributed by atoms with Gasteiger partial charge in [-0.3, -0.25) is 14.7 Å². The molecule has 3 N–H and O–H groups in total. The molecule has 5 nitrogen and oxygen atoms in total. The highest BCUT2D eigenvalue weighted by Gasteiger charge is 2.53. The summed E-state index contributed by atoms with van der Waals surface area (Å²) in [5, 5.41) is 12.8. The van der Waals surface area contributed by atoms with Crippen molar-refractivity contribution in [3.8, 4) is 0 Å². The Balaban J connectivity index is 1.38. The van der Waals surface area contributed by atoms with Gasteiger partial charge in [0, 0.05) is 48.6 Å². The van der Waals surface area contributed by atoms with Gasteiger partial charge < -0.3 is 10.8 Å². The zero-order valence-electron chi connectivity index (χ0n) is 16.3. The number of rotatable bonds is 4. The molecular formula is C24H25N3O2. The summed E-state index contributed by atoms with van der Waals surface area (Å²) in [6, 6.07) is 17.6. The van der Waals surface area contributed by atoms with Gasteiger partial charge in [-0.25, -0.2) is 0 Å². The molecule has 1 aliphatic carbocycles. The molecule has 3 aromatic rings. The van der Waals surface area contributed by atoms with Gasteiger partial charge in [-0.15, -0.1) is 0 Å². The molecule has 2 atom stereocenters. The van der Waals surface area contributed by atoms with E-state index in [1.807, 2.05) is 36.5 Å². The molecule has 0 spiro atoms. The first-order chi connectivity index (χ1) is 14.0. The molecule has 2 aromatic carbocycles. The Bertz CT molecular complexity index is 1070. The van der Waals surface area contributed by atoms with Crippen LogP contribution in [0.4, 0.5) is 0 Å². The molecule has 29 heavy (non-hydrogen) atoms. The number of aromatic nitrogens is 1. The number of nitrogens with two attached hydrogens (primary N) is 1. The Hall–Kier alpha value is -2.76. The minimum atomic E-state index is -0.885. The maximum absolute atomic E-state index is 11.7. The molecule has 1 saturated carbocycles. The van der Waals surface area contributed by atoms with E-state index in [2.05, 4.69) is 22.0 Å². The fraction of sp³-hybridized carbons (Fsp3) is 0.333. The standard InChI is InChI=1S/C24H25N3O2/c25-23(28)18-5-3-6-19(11-18)24(29)20-8-9-21(24)15-27(14-20)13-16-10-17-4-1-2-7-22(17)26-12-16/h1-7,10-12,20-21,29H,8-9,13-15H2,(H2,25,28). The van der Waals surface area contributed by atoms with E-state index in [1.165, 1.54) is 5.56 Å². The molecule has 2 fully saturated rings. The highest BCUT2D eigenvalue weighted by atomic mass is 16.3. The molecule has 5 heteroatoms. The first kappa shape index (κ1) is 18.3. The Morgan fingerprint density at radius 2 is 1.86 bits per heavy atom. The van der Waals surface area contributed by atoms with Gasteiger partial charge in [0.1, 0.15) is 0 Å². The minimum absolute atomic E-state index is 0.151. The quantitative estimate of drug-likeness (QED) is 0.721. The maximum atomic E-state index is 11.7. The molecule has 1 aliphatic heterocycles. The van der Waals surface area contributed by atoms with Gasteiger partial charge >= 0.3 is 0 Å². The number of hydrogen-bond acceptors (Lipinski definition) is 4. The van der Waals surface area contributed by atoms with Crippen molar-refractivity contribution >= 4 is 16.8 Å². The van der Waals surface area contributed by atoms with Crippen molar-refractivity contribution in [3.63, 3.8) is 0 Å². The van der Waals surface area contributed by atoms with Gasteiger partial charge in [0.05, 0.1) is 11.1 Å². The van der Waals surface area contributed by atoms with Crippen LogP contribution in [0.15, 0.2) is 60.8 Å². The summed E-state index contributed by atoms with van der Waals surface area (Å²) in [6.07, 6.45) is 3.95. The Morgan fingerprint density at radius 3 is 2.62 bits per heavy atom. The third-order valence-electron chi connectivity index (χ3n) is 6.73. The second-order valence-corrected chi connectivity index (χ2v) is 8.47. The fourth-order valence-electron chi connectivity index (χ4n) is 5.32. The summed E-state index contributed by atoms with van der Waals surface area (Å²) in [6.45, 7) is 2.50. The average Bonchev–Trinajstić information content (AvgIpc) is 2.91. The highest BCUT2D eigenvalue weighted by Crippen LogP contribution is 2.51. The largest absolute Gasteiger partial charge is 0.384 e. The number of hydrogen-bond donors (Lipinski definition) is 2. The van der Waals surface area contributed by atoms with E-state index in [0.717, 1.165) is 48.9 Å². The monoisotopic (exact) mass is 387 g/mol. The van der Waals surface area contributed by atoms with Crippen LogP contribution in [0.3, 0.4) is 0 Å². The predicted molar refractivity (Wildman–Crippen MR) is 112 cm³/mol. The second-order valence-electron chi connectivity index (χ2n) is 8.47. The number of benzene rings is 2. The van der Waals surface area contributed by atoms with Crippen LogP contribution in [0.1, 0.15) is 34.3 Å². The normalized spacial score (nSPS) is 26.7. The Labute approximate surface area is 170 Å². The predicted octanol–water partition coefficient (Wildman–Crippen LogP) is 3.06. The van der Waals surface area contributed by atoms with Crippen LogP contribution >= 0.6 is 0 Å². The minimum Gasteiger partial charge on any atom is -0.384 e. The van der Waals surface area contributed by atoms with Crippen LogP contribution in [-0.4, -0.2) is 34.0 Å². The number of nitrogens with zero attached hydrogens (tertiary/aromatic N) is 2. The van der Waals surface area contributed by atoms with Crippen molar-refractivity contribution < 1.29 is 9.90 Å². The van der Waals surface area contributed by atoms with Crippen molar-refractivity contribution in [2.24, 2.45) is 17.6 Å². The molecule has 2 aliphatic rings. The second kappa shape index (κ2) is 6.94. The van der Waals surface area contributed by atoms with Crippen molar-refractivity contribution in [1.29, 1.82) is 0 Å². The van der Waals surface area contributed by atoms with E-state index in [0.29, 0.717) is 5.56 Å². The van der Waals surface area contributed by atoms with Crippen molar-refractivity contribution in [2.75, 3.05) is 13.1 Å². The lowest BCUT2D eigenvalue weighted by Gasteiger charge is -2.45. The number of para-hydroxylation sites is 1. The third-order valence-corrected chi connectivity index (χ3v) is 6.73. The third kappa shape index (κ3) is 3.11. The summed E-state index contributed by atoms with van der Waals surface area (Å²) in [4.78, 5) is 18.6. The number of fused-ring (bicyclic) bond motifs is 3. The number of amides is 1. The molecule has 2 bridgehead atoms. The zero-order valence-corrected chi connectivity index (χ0v) is 16.3. The first-order valence-corrected chi connectivity index (χ1v) is 10.2. The van der Waals surface area contributed by atoms with Gasteiger partial charge in [-0.2, -0.15) is 0 Å². The van der Waals surface area contributed by atoms with Crippen molar-refractivity contribution in [2.45, 2.75) is 25.0 Å². The van der Waals surface area contributed by atoms with E-state index in [4.69, 9.17) is 5.73 Å². The SMILES string of the molecule is NC(=O)c1cccc(C2(O)C3CCC2CN(Cc2cnc4ccccc4c2)C3)c1. The molecule has 1 aromatic heterocycles. The van der Waals surface area contributed by atoms with E-state index >= 15 is 0 Å². The number of carbonyl (C=O) groups excluding carboxylic acids is 1. The Morgan fingerprint density at radius 1 is 1.10 bits per heavy atom. The van der Waals surface area contributed by atoms with Gasteiger partial charge in [-0.1, -0.05) is 30.3 Å². The van der Waals surface area contributed by atoms with E-state index in [1.54, 1.807) is 12.1 Å². The molecule has 1 saturated heterocycles. The van der Waals surface area contributed by atoms with Gasteiger partial charge in [0.15, 0.2) is 0 Å². The molecule has 5 rings (SSSR count). The lowest BCUT2D eigenvalue weighted by molar-refractivity contribution is -0.0914. The number of aliphatic hydroxyl groups is 1. The molecule has 2 unspecified atom stereocenters. The lowest BCUT2D eigenvalue weighted by atomic mass is 9.75. The van der Waals surface area contributed by atoms with E-state index in [-0.39, 0.29) is 11.8 Å². The zero-order chi connectivity index (χ0) is 20.0. The van der Waals surface area contributed by atoms with Crippen LogP contribution in [0, 0.1) is 11.8 Å². The van der Waals surface area contributed by atoms with Crippen LogP contribution in [-0.2, 0) is 12.1 Å². The summed E-state index contributed by atoms with van der Waals surface area (Å²) in [7, 11) is 0. The first-order valence-electron chi connectivity index (χ1n) is 10.2. The van der Waals surface area contributed by atoms with Crippen LogP contribution in [0.25, 0.3) is 10.9 Å². The Kier molecular flexibility index (Phi) is 4.37. The summed E-state index contributed by atoms with van der Waals surface area (Å²) < 4.78 is 0. The molecule has 148 valence electrons. The summed E-state index contributed by atoms with van der Waals surface area (Å²) >= 11 is 0. The van der Waals surface area contributed by atoms with E-state index in [9.17, 15) is 9.90 Å². The van der Waals surface area contributed by atoms with Gasteiger partial charge in [0.25, 0.3) is 0 Å². The topological polar surface area (TPSA) is 79.5 Å². The molecule has 2 heterocycles. The number of piperidine rings is 1. The lowest BCUT2D eigenvalue weighted by Crippen LogP contribution is -2.51. The molecular weight excluding hydrogens is 362 g/mol. The number of pyridine rings is 1. The van der Waals surface area contributed by atoms with Crippen LogP contribution in [0.2, 0.25) is 0 Å². The van der Waals surface area contributed by atoms with Crippen molar-refractivity contribution in [3.05, 3.63) is 77.5 Å². The van der Waals surface area contributed by atoms with E-state index < -0.39 is 11.5 Å². The highest BCUT2D eigenvalue weighted by molar-refractivity contribution is 5.93. The summed E-state index contributed by atoms with van der Waals surface area (Å²) in [5.41, 5.74) is 8.06. The van der Waals surface area contributed by atoms with Gasteiger partial charge in [-0.05, 0) is 48.2 Å².